The quantitative estimate of drug-likeness (QED) is 0.519. The van der Waals surface area contributed by atoms with Gasteiger partial charge in [0, 0.05) is 11.4 Å². The lowest BCUT2D eigenvalue weighted by atomic mass is 10.0. The van der Waals surface area contributed by atoms with Crippen molar-refractivity contribution in [2.75, 3.05) is 26.5 Å². The van der Waals surface area contributed by atoms with Gasteiger partial charge in [-0.15, -0.1) is 11.8 Å². The van der Waals surface area contributed by atoms with Gasteiger partial charge in [0.25, 0.3) is 0 Å². The number of hydrogen-bond acceptors (Lipinski definition) is 4. The Balaban J connectivity index is 1.46. The lowest BCUT2D eigenvalue weighted by Crippen LogP contribution is -2.32. The molecule has 0 saturated carbocycles. The van der Waals surface area contributed by atoms with Gasteiger partial charge in [0.15, 0.2) is 11.5 Å². The minimum atomic E-state index is 0.0968. The maximum absolute atomic E-state index is 13.0. The summed E-state index contributed by atoms with van der Waals surface area (Å²) in [6.07, 6.45) is 1.99. The monoisotopic (exact) mass is 407 g/mol. The first kappa shape index (κ1) is 19.6. The van der Waals surface area contributed by atoms with Gasteiger partial charge < -0.3 is 14.4 Å². The maximum Gasteiger partial charge on any atom is 0.233 e. The van der Waals surface area contributed by atoms with Crippen molar-refractivity contribution in [2.24, 2.45) is 0 Å². The van der Waals surface area contributed by atoms with E-state index in [1.54, 1.807) is 26.0 Å². The number of nitrogens with zero attached hydrogens (tertiary/aromatic N) is 1. The van der Waals surface area contributed by atoms with Crippen molar-refractivity contribution in [3.05, 3.63) is 66.2 Å². The van der Waals surface area contributed by atoms with Crippen molar-refractivity contribution in [1.82, 2.24) is 4.90 Å². The first-order valence-electron chi connectivity index (χ1n) is 9.82. The topological polar surface area (TPSA) is 38.8 Å². The van der Waals surface area contributed by atoms with Crippen LogP contribution in [0.4, 0.5) is 0 Å². The Labute approximate surface area is 175 Å². The summed E-state index contributed by atoms with van der Waals surface area (Å²) in [7, 11) is 3.27. The van der Waals surface area contributed by atoms with Crippen molar-refractivity contribution in [3.63, 3.8) is 0 Å². The van der Waals surface area contributed by atoms with Crippen molar-refractivity contribution in [1.29, 1.82) is 0 Å². The molecular formula is C24H25NO3S. The molecule has 1 amide bonds. The number of amides is 1. The number of fused-ring (bicyclic) bond motifs is 1. The third-order valence-electron chi connectivity index (χ3n) is 5.45. The number of carbonyl (C=O) groups is 1. The number of methoxy groups -OCH3 is 2. The fourth-order valence-electron chi connectivity index (χ4n) is 3.96. The molecule has 4 nitrogen and oxygen atoms in total. The van der Waals surface area contributed by atoms with E-state index < -0.39 is 0 Å². The Kier molecular flexibility index (Phi) is 5.95. The van der Waals surface area contributed by atoms with Crippen LogP contribution < -0.4 is 9.47 Å². The van der Waals surface area contributed by atoms with Gasteiger partial charge in [-0.3, -0.25) is 4.79 Å². The van der Waals surface area contributed by atoms with Crippen LogP contribution in [-0.4, -0.2) is 37.3 Å². The van der Waals surface area contributed by atoms with E-state index >= 15 is 0 Å². The number of thioether (sulfide) groups is 1. The van der Waals surface area contributed by atoms with Crippen molar-refractivity contribution >= 4 is 28.4 Å². The lowest BCUT2D eigenvalue weighted by molar-refractivity contribution is -0.129. The first-order valence-corrected chi connectivity index (χ1v) is 10.8. The van der Waals surface area contributed by atoms with Gasteiger partial charge in [-0.25, -0.2) is 0 Å². The summed E-state index contributed by atoms with van der Waals surface area (Å²) < 4.78 is 10.8. The predicted molar refractivity (Wildman–Crippen MR) is 118 cm³/mol. The smallest absolute Gasteiger partial charge is 0.233 e. The highest BCUT2D eigenvalue weighted by atomic mass is 32.2. The van der Waals surface area contributed by atoms with Crippen LogP contribution in [0.5, 0.6) is 11.5 Å². The Bertz CT molecular complexity index is 1020. The van der Waals surface area contributed by atoms with E-state index in [2.05, 4.69) is 30.3 Å². The Hall–Kier alpha value is -2.66. The number of likely N-dealkylation sites (tertiary alicyclic amines) is 1. The molecule has 4 rings (SSSR count). The molecule has 0 N–H and O–H groups in total. The van der Waals surface area contributed by atoms with E-state index in [1.807, 2.05) is 35.2 Å². The summed E-state index contributed by atoms with van der Waals surface area (Å²) in [6, 6.07) is 20.7. The maximum atomic E-state index is 13.0. The standard InChI is InChI=1S/C24H25NO3S/c1-27-22-12-10-19(15-23(22)28-2)21-8-5-13-25(21)24(26)16-29-20-11-9-17-6-3-4-7-18(17)14-20/h3-4,6-7,9-12,14-15,21H,5,8,13,16H2,1-2H3/t21-/m1/s1. The summed E-state index contributed by atoms with van der Waals surface area (Å²) in [5.74, 6) is 2.04. The van der Waals surface area contributed by atoms with Crippen LogP contribution in [0.15, 0.2) is 65.6 Å². The Morgan fingerprint density at radius 2 is 1.79 bits per heavy atom. The molecule has 5 heteroatoms. The number of rotatable bonds is 6. The van der Waals surface area contributed by atoms with E-state index in [4.69, 9.17) is 9.47 Å². The molecule has 0 aromatic heterocycles. The number of carbonyl (C=O) groups excluding carboxylic acids is 1. The molecule has 0 radical (unpaired) electrons. The van der Waals surface area contributed by atoms with E-state index in [9.17, 15) is 4.79 Å². The Morgan fingerprint density at radius 3 is 2.59 bits per heavy atom. The van der Waals surface area contributed by atoms with Gasteiger partial charge in [-0.1, -0.05) is 36.4 Å². The van der Waals surface area contributed by atoms with Crippen LogP contribution in [0, 0.1) is 0 Å². The van der Waals surface area contributed by atoms with E-state index in [1.165, 1.54) is 10.8 Å². The van der Waals surface area contributed by atoms with Gasteiger partial charge >= 0.3 is 0 Å². The average molecular weight is 408 g/mol. The predicted octanol–water partition coefficient (Wildman–Crippen LogP) is 5.31. The minimum absolute atomic E-state index is 0.0968. The zero-order valence-corrected chi connectivity index (χ0v) is 17.6. The molecule has 1 aliphatic heterocycles. The van der Waals surface area contributed by atoms with Gasteiger partial charge in [0.05, 0.1) is 26.0 Å². The number of benzene rings is 3. The third kappa shape index (κ3) is 4.20. The van der Waals surface area contributed by atoms with E-state index in [0.717, 1.165) is 29.8 Å². The largest absolute Gasteiger partial charge is 0.493 e. The summed E-state index contributed by atoms with van der Waals surface area (Å²) in [6.45, 7) is 0.802. The molecule has 150 valence electrons. The molecule has 1 fully saturated rings. The molecule has 3 aromatic rings. The molecule has 0 aliphatic carbocycles. The second-order valence-corrected chi connectivity index (χ2v) is 8.21. The fraction of sp³-hybridized carbons (Fsp3) is 0.292. The second-order valence-electron chi connectivity index (χ2n) is 7.16. The van der Waals surface area contributed by atoms with Crippen LogP contribution in [-0.2, 0) is 4.79 Å². The zero-order valence-electron chi connectivity index (χ0n) is 16.8. The molecule has 1 saturated heterocycles. The fourth-order valence-corrected chi connectivity index (χ4v) is 4.79. The lowest BCUT2D eigenvalue weighted by Gasteiger charge is -2.25. The molecule has 1 atom stereocenters. The van der Waals surface area contributed by atoms with Gasteiger partial charge in [-0.05, 0) is 53.4 Å². The summed E-state index contributed by atoms with van der Waals surface area (Å²) >= 11 is 1.61. The zero-order chi connectivity index (χ0) is 20.2. The molecule has 1 aliphatic rings. The molecular weight excluding hydrogens is 382 g/mol. The highest BCUT2D eigenvalue weighted by Crippen LogP contribution is 2.37. The second kappa shape index (κ2) is 8.78. The molecule has 1 heterocycles. The first-order chi connectivity index (χ1) is 14.2. The molecule has 0 spiro atoms. The number of hydrogen-bond donors (Lipinski definition) is 0. The minimum Gasteiger partial charge on any atom is -0.493 e. The summed E-state index contributed by atoms with van der Waals surface area (Å²) in [5.41, 5.74) is 1.10. The van der Waals surface area contributed by atoms with Crippen LogP contribution in [0.2, 0.25) is 0 Å². The van der Waals surface area contributed by atoms with E-state index in [0.29, 0.717) is 17.3 Å². The van der Waals surface area contributed by atoms with Crippen LogP contribution in [0.25, 0.3) is 10.8 Å². The highest BCUT2D eigenvalue weighted by Gasteiger charge is 2.30. The molecule has 3 aromatic carbocycles. The average Bonchev–Trinajstić information content (AvgIpc) is 3.27. The van der Waals surface area contributed by atoms with Crippen LogP contribution in [0.3, 0.4) is 0 Å². The van der Waals surface area contributed by atoms with Crippen LogP contribution >= 0.6 is 11.8 Å². The highest BCUT2D eigenvalue weighted by molar-refractivity contribution is 8.00. The molecule has 29 heavy (non-hydrogen) atoms. The third-order valence-corrected chi connectivity index (χ3v) is 6.43. The number of ether oxygens (including phenoxy) is 2. The molecule has 0 bridgehead atoms. The van der Waals surface area contributed by atoms with E-state index in [-0.39, 0.29) is 11.9 Å². The van der Waals surface area contributed by atoms with Crippen molar-refractivity contribution in [2.45, 2.75) is 23.8 Å². The van der Waals surface area contributed by atoms with Gasteiger partial charge in [0.1, 0.15) is 0 Å². The van der Waals surface area contributed by atoms with Crippen molar-refractivity contribution < 1.29 is 14.3 Å². The SMILES string of the molecule is COc1ccc([C@H]2CCCN2C(=O)CSc2ccc3ccccc3c2)cc1OC. The Morgan fingerprint density at radius 1 is 1.00 bits per heavy atom. The summed E-state index contributed by atoms with van der Waals surface area (Å²) in [5, 5.41) is 2.42. The van der Waals surface area contributed by atoms with Gasteiger partial charge in [-0.2, -0.15) is 0 Å². The van der Waals surface area contributed by atoms with Gasteiger partial charge in [0.2, 0.25) is 5.91 Å². The van der Waals surface area contributed by atoms with Crippen molar-refractivity contribution in [3.8, 4) is 11.5 Å². The normalized spacial score (nSPS) is 16.2. The summed E-state index contributed by atoms with van der Waals surface area (Å²) in [4.78, 5) is 16.1. The van der Waals surface area contributed by atoms with Crippen LogP contribution in [0.1, 0.15) is 24.4 Å². The molecule has 0 unspecified atom stereocenters.